The van der Waals surface area contributed by atoms with Crippen molar-refractivity contribution in [2.24, 2.45) is 0 Å². The summed E-state index contributed by atoms with van der Waals surface area (Å²) >= 11 is 5.97. The lowest BCUT2D eigenvalue weighted by atomic mass is 10.1. The molecular formula is C18H20ClN3O2. The lowest BCUT2D eigenvalue weighted by molar-refractivity contribution is -0.130. The minimum atomic E-state index is -0.00517. The van der Waals surface area contributed by atoms with Gasteiger partial charge in [0, 0.05) is 36.7 Å². The second-order valence-corrected chi connectivity index (χ2v) is 6.38. The van der Waals surface area contributed by atoms with Crippen molar-refractivity contribution in [1.82, 2.24) is 14.9 Å². The standard InChI is InChI=1S/C18H20ClN3O2/c1-13-20-9-7-17(21-13)24-16-8-10-22(12-16)18(23)6-5-14-3-2-4-15(19)11-14/h2-4,7,9,11,16H,5-6,8,10,12H2,1H3/t16-/m0/s1. The minimum absolute atomic E-state index is 0.00517. The van der Waals surface area contributed by atoms with E-state index in [4.69, 9.17) is 16.3 Å². The van der Waals surface area contributed by atoms with Crippen LogP contribution in [0.15, 0.2) is 36.5 Å². The summed E-state index contributed by atoms with van der Waals surface area (Å²) in [6.07, 6.45) is 3.69. The molecule has 6 heteroatoms. The molecular weight excluding hydrogens is 326 g/mol. The average Bonchev–Trinajstić information content (AvgIpc) is 3.01. The number of benzene rings is 1. The Kier molecular flexibility index (Phi) is 5.30. The van der Waals surface area contributed by atoms with Crippen molar-refractivity contribution in [3.8, 4) is 5.88 Å². The summed E-state index contributed by atoms with van der Waals surface area (Å²) in [7, 11) is 0. The Bertz CT molecular complexity index is 723. The first-order valence-electron chi connectivity index (χ1n) is 8.08. The fourth-order valence-corrected chi connectivity index (χ4v) is 3.04. The molecule has 0 bridgehead atoms. The van der Waals surface area contributed by atoms with Crippen molar-refractivity contribution in [3.63, 3.8) is 0 Å². The van der Waals surface area contributed by atoms with Crippen LogP contribution in [0.4, 0.5) is 0 Å². The summed E-state index contributed by atoms with van der Waals surface area (Å²) < 4.78 is 5.85. The lowest BCUT2D eigenvalue weighted by Crippen LogP contribution is -2.31. The normalized spacial score (nSPS) is 17.1. The number of aryl methyl sites for hydroxylation is 2. The molecule has 0 radical (unpaired) electrons. The average molecular weight is 346 g/mol. The highest BCUT2D eigenvalue weighted by molar-refractivity contribution is 6.30. The van der Waals surface area contributed by atoms with Gasteiger partial charge in [-0.25, -0.2) is 4.98 Å². The van der Waals surface area contributed by atoms with Crippen LogP contribution in [0.5, 0.6) is 5.88 Å². The van der Waals surface area contributed by atoms with E-state index in [-0.39, 0.29) is 12.0 Å². The molecule has 3 rings (SSSR count). The number of hydrogen-bond donors (Lipinski definition) is 0. The zero-order chi connectivity index (χ0) is 16.9. The predicted molar refractivity (Wildman–Crippen MR) is 92.2 cm³/mol. The molecule has 24 heavy (non-hydrogen) atoms. The predicted octanol–water partition coefficient (Wildman–Crippen LogP) is 3.05. The van der Waals surface area contributed by atoms with Crippen LogP contribution in [0.1, 0.15) is 24.2 Å². The summed E-state index contributed by atoms with van der Waals surface area (Å²) in [4.78, 5) is 22.5. The number of likely N-dealkylation sites (tertiary alicyclic amines) is 1. The Morgan fingerprint density at radius 3 is 3.08 bits per heavy atom. The number of carbonyl (C=O) groups is 1. The Balaban J connectivity index is 1.49. The molecule has 2 aromatic rings. The third-order valence-corrected chi connectivity index (χ3v) is 4.29. The van der Waals surface area contributed by atoms with Crippen LogP contribution in [0.2, 0.25) is 5.02 Å². The van der Waals surface area contributed by atoms with Gasteiger partial charge in [-0.2, -0.15) is 4.98 Å². The maximum Gasteiger partial charge on any atom is 0.223 e. The van der Waals surface area contributed by atoms with Crippen molar-refractivity contribution < 1.29 is 9.53 Å². The summed E-state index contributed by atoms with van der Waals surface area (Å²) in [5.41, 5.74) is 1.08. The second kappa shape index (κ2) is 7.62. The molecule has 0 spiro atoms. The van der Waals surface area contributed by atoms with E-state index in [9.17, 15) is 4.79 Å². The molecule has 1 aliphatic rings. The fourth-order valence-electron chi connectivity index (χ4n) is 2.82. The number of amides is 1. The van der Waals surface area contributed by atoms with Gasteiger partial charge in [0.2, 0.25) is 11.8 Å². The molecule has 1 aromatic heterocycles. The van der Waals surface area contributed by atoms with Crippen molar-refractivity contribution in [1.29, 1.82) is 0 Å². The van der Waals surface area contributed by atoms with Gasteiger partial charge in [0.15, 0.2) is 0 Å². The fraction of sp³-hybridized carbons (Fsp3) is 0.389. The monoisotopic (exact) mass is 345 g/mol. The molecule has 1 amide bonds. The number of halogens is 1. The number of rotatable bonds is 5. The summed E-state index contributed by atoms with van der Waals surface area (Å²) in [5.74, 6) is 1.40. The smallest absolute Gasteiger partial charge is 0.223 e. The number of aromatic nitrogens is 2. The van der Waals surface area contributed by atoms with Gasteiger partial charge in [-0.15, -0.1) is 0 Å². The van der Waals surface area contributed by atoms with Crippen LogP contribution in [0.25, 0.3) is 0 Å². The largest absolute Gasteiger partial charge is 0.472 e. The first-order chi connectivity index (χ1) is 11.6. The molecule has 1 aromatic carbocycles. The van der Waals surface area contributed by atoms with E-state index >= 15 is 0 Å². The SMILES string of the molecule is Cc1nccc(O[C@H]2CCN(C(=O)CCc3cccc(Cl)c3)C2)n1. The van der Waals surface area contributed by atoms with Gasteiger partial charge < -0.3 is 9.64 Å². The van der Waals surface area contributed by atoms with Crippen LogP contribution in [0.3, 0.4) is 0 Å². The van der Waals surface area contributed by atoms with Gasteiger partial charge in [0.05, 0.1) is 6.54 Å². The van der Waals surface area contributed by atoms with Crippen LogP contribution in [-0.2, 0) is 11.2 Å². The van der Waals surface area contributed by atoms with Gasteiger partial charge in [-0.1, -0.05) is 23.7 Å². The van der Waals surface area contributed by atoms with Crippen LogP contribution in [-0.4, -0.2) is 40.0 Å². The van der Waals surface area contributed by atoms with Crippen molar-refractivity contribution >= 4 is 17.5 Å². The second-order valence-electron chi connectivity index (χ2n) is 5.94. The summed E-state index contributed by atoms with van der Waals surface area (Å²) in [5, 5.41) is 0.703. The molecule has 0 N–H and O–H groups in total. The Morgan fingerprint density at radius 1 is 1.42 bits per heavy atom. The third-order valence-electron chi connectivity index (χ3n) is 4.05. The summed E-state index contributed by atoms with van der Waals surface area (Å²) in [6.45, 7) is 3.16. The van der Waals surface area contributed by atoms with E-state index in [0.29, 0.717) is 36.1 Å². The number of ether oxygens (including phenoxy) is 1. The Labute approximate surface area is 146 Å². The maximum absolute atomic E-state index is 12.4. The van der Waals surface area contributed by atoms with E-state index in [0.717, 1.165) is 18.5 Å². The molecule has 0 saturated carbocycles. The zero-order valence-electron chi connectivity index (χ0n) is 13.6. The molecule has 1 fully saturated rings. The highest BCUT2D eigenvalue weighted by Gasteiger charge is 2.27. The van der Waals surface area contributed by atoms with Gasteiger partial charge in [0.25, 0.3) is 0 Å². The van der Waals surface area contributed by atoms with Gasteiger partial charge in [-0.05, 0) is 31.0 Å². The van der Waals surface area contributed by atoms with E-state index in [2.05, 4.69) is 9.97 Å². The molecule has 0 unspecified atom stereocenters. The molecule has 0 aliphatic carbocycles. The molecule has 5 nitrogen and oxygen atoms in total. The van der Waals surface area contributed by atoms with Gasteiger partial charge >= 0.3 is 0 Å². The molecule has 1 atom stereocenters. The van der Waals surface area contributed by atoms with E-state index < -0.39 is 0 Å². The van der Waals surface area contributed by atoms with Crippen molar-refractivity contribution in [3.05, 3.63) is 52.9 Å². The third kappa shape index (κ3) is 4.45. The number of hydrogen-bond acceptors (Lipinski definition) is 4. The first kappa shape index (κ1) is 16.7. The Morgan fingerprint density at radius 2 is 2.29 bits per heavy atom. The van der Waals surface area contributed by atoms with Gasteiger partial charge in [0.1, 0.15) is 11.9 Å². The van der Waals surface area contributed by atoms with Crippen LogP contribution >= 0.6 is 11.6 Å². The quantitative estimate of drug-likeness (QED) is 0.835. The zero-order valence-corrected chi connectivity index (χ0v) is 14.4. The lowest BCUT2D eigenvalue weighted by Gasteiger charge is -2.17. The van der Waals surface area contributed by atoms with Gasteiger partial charge in [-0.3, -0.25) is 4.79 Å². The Hall–Kier alpha value is -2.14. The molecule has 1 saturated heterocycles. The molecule has 1 aliphatic heterocycles. The minimum Gasteiger partial charge on any atom is -0.472 e. The molecule has 126 valence electrons. The topological polar surface area (TPSA) is 55.3 Å². The van der Waals surface area contributed by atoms with Crippen molar-refractivity contribution in [2.45, 2.75) is 32.3 Å². The van der Waals surface area contributed by atoms with Crippen LogP contribution in [0, 0.1) is 6.92 Å². The highest BCUT2D eigenvalue weighted by atomic mass is 35.5. The van der Waals surface area contributed by atoms with Crippen LogP contribution < -0.4 is 4.74 Å². The van der Waals surface area contributed by atoms with Crippen molar-refractivity contribution in [2.75, 3.05) is 13.1 Å². The van der Waals surface area contributed by atoms with E-state index in [1.807, 2.05) is 36.1 Å². The highest BCUT2D eigenvalue weighted by Crippen LogP contribution is 2.18. The molecule has 2 heterocycles. The summed E-state index contributed by atoms with van der Waals surface area (Å²) in [6, 6.07) is 9.39. The van der Waals surface area contributed by atoms with E-state index in [1.54, 1.807) is 12.3 Å². The van der Waals surface area contributed by atoms with E-state index in [1.165, 1.54) is 0 Å². The first-order valence-corrected chi connectivity index (χ1v) is 8.46. The number of carbonyl (C=O) groups excluding carboxylic acids is 1. The maximum atomic E-state index is 12.4. The number of nitrogens with zero attached hydrogens (tertiary/aromatic N) is 3.